The molecule has 4 nitrogen and oxygen atoms in total. The van der Waals surface area contributed by atoms with E-state index >= 15 is 0 Å². The third-order valence-electron chi connectivity index (χ3n) is 6.31. The van der Waals surface area contributed by atoms with Crippen molar-refractivity contribution in [2.45, 2.75) is 64.9 Å². The fourth-order valence-electron chi connectivity index (χ4n) is 4.27. The molecule has 0 aromatic heterocycles. The van der Waals surface area contributed by atoms with Crippen LogP contribution in [0.2, 0.25) is 0 Å². The maximum atomic E-state index is 13.7. The maximum absolute atomic E-state index is 13.7. The molecule has 0 saturated heterocycles. The molecule has 2 atom stereocenters. The molecular weight excluding hydrogens is 483 g/mol. The Bertz CT molecular complexity index is 1150. The van der Waals surface area contributed by atoms with Gasteiger partial charge in [-0.25, -0.2) is 4.39 Å². The molecule has 0 aliphatic rings. The van der Waals surface area contributed by atoms with Crippen molar-refractivity contribution >= 4 is 23.6 Å². The van der Waals surface area contributed by atoms with Crippen LogP contribution < -0.4 is 5.32 Å². The van der Waals surface area contributed by atoms with E-state index in [2.05, 4.69) is 37.4 Å². The second kappa shape index (κ2) is 14.0. The highest BCUT2D eigenvalue weighted by molar-refractivity contribution is 7.99. The number of nitrogens with one attached hydrogen (secondary N) is 1. The number of nitrogens with zero attached hydrogens (tertiary/aromatic N) is 1. The highest BCUT2D eigenvalue weighted by Crippen LogP contribution is 2.20. The van der Waals surface area contributed by atoms with Crippen molar-refractivity contribution in [3.63, 3.8) is 0 Å². The van der Waals surface area contributed by atoms with E-state index in [1.165, 1.54) is 28.8 Å². The standard InChI is InChI=1S/C31H37FN2O2S/c1-5-24(4)33-31(36)29(18-25-9-7-6-8-10-25)34(19-26-11-13-28(32)14-12-26)30(35)21-37-20-27-16-22(2)15-23(3)17-27/h6-17,24,29H,5,18-21H2,1-4H3,(H,33,36). The number of hydrogen-bond acceptors (Lipinski definition) is 3. The van der Waals surface area contributed by atoms with Gasteiger partial charge in [0, 0.05) is 24.8 Å². The molecule has 6 heteroatoms. The number of aryl methyl sites for hydroxylation is 2. The van der Waals surface area contributed by atoms with Gasteiger partial charge in [0.2, 0.25) is 11.8 Å². The van der Waals surface area contributed by atoms with Crippen molar-refractivity contribution in [3.8, 4) is 0 Å². The summed E-state index contributed by atoms with van der Waals surface area (Å²) >= 11 is 1.54. The lowest BCUT2D eigenvalue weighted by Gasteiger charge is -2.32. The van der Waals surface area contributed by atoms with Crippen LogP contribution >= 0.6 is 11.8 Å². The van der Waals surface area contributed by atoms with E-state index in [4.69, 9.17) is 0 Å². The number of halogens is 1. The Hall–Kier alpha value is -3.12. The summed E-state index contributed by atoms with van der Waals surface area (Å²) in [5, 5.41) is 3.07. The summed E-state index contributed by atoms with van der Waals surface area (Å²) < 4.78 is 13.6. The van der Waals surface area contributed by atoms with Gasteiger partial charge in [0.15, 0.2) is 0 Å². The molecule has 0 fully saturated rings. The molecule has 0 radical (unpaired) electrons. The second-order valence-electron chi connectivity index (χ2n) is 9.66. The highest BCUT2D eigenvalue weighted by Gasteiger charge is 2.30. The van der Waals surface area contributed by atoms with Crippen LogP contribution in [0.25, 0.3) is 0 Å². The zero-order chi connectivity index (χ0) is 26.8. The average Bonchev–Trinajstić information content (AvgIpc) is 2.87. The summed E-state index contributed by atoms with van der Waals surface area (Å²) in [6.07, 6.45) is 1.19. The Morgan fingerprint density at radius 3 is 2.19 bits per heavy atom. The third-order valence-corrected chi connectivity index (χ3v) is 7.30. The fourth-order valence-corrected chi connectivity index (χ4v) is 5.12. The Morgan fingerprint density at radius 2 is 1.57 bits per heavy atom. The smallest absolute Gasteiger partial charge is 0.243 e. The first kappa shape index (κ1) is 28.5. The van der Waals surface area contributed by atoms with Crippen LogP contribution in [-0.4, -0.2) is 34.6 Å². The van der Waals surface area contributed by atoms with Crippen molar-refractivity contribution in [1.29, 1.82) is 0 Å². The summed E-state index contributed by atoms with van der Waals surface area (Å²) in [5.74, 6) is 0.338. The van der Waals surface area contributed by atoms with Crippen LogP contribution in [0.15, 0.2) is 72.8 Å². The van der Waals surface area contributed by atoms with Gasteiger partial charge in [0.25, 0.3) is 0 Å². The molecule has 37 heavy (non-hydrogen) atoms. The Kier molecular flexibility index (Phi) is 10.8. The van der Waals surface area contributed by atoms with Crippen LogP contribution in [0.4, 0.5) is 4.39 Å². The molecule has 196 valence electrons. The minimum Gasteiger partial charge on any atom is -0.352 e. The topological polar surface area (TPSA) is 49.4 Å². The fraction of sp³-hybridized carbons (Fsp3) is 0.355. The summed E-state index contributed by atoms with van der Waals surface area (Å²) in [5.41, 5.74) is 5.33. The van der Waals surface area contributed by atoms with Gasteiger partial charge < -0.3 is 10.2 Å². The normalized spacial score (nSPS) is 12.6. The van der Waals surface area contributed by atoms with Crippen LogP contribution in [0.5, 0.6) is 0 Å². The van der Waals surface area contributed by atoms with Crippen LogP contribution in [-0.2, 0) is 28.3 Å². The van der Waals surface area contributed by atoms with Gasteiger partial charge in [-0.15, -0.1) is 11.8 Å². The molecule has 3 aromatic rings. The van der Waals surface area contributed by atoms with Crippen molar-refractivity contribution in [3.05, 3.63) is 106 Å². The molecule has 0 spiro atoms. The molecule has 0 aliphatic carbocycles. The molecule has 1 N–H and O–H groups in total. The minimum absolute atomic E-state index is 0.00696. The number of amides is 2. The number of benzene rings is 3. The maximum Gasteiger partial charge on any atom is 0.243 e. The van der Waals surface area contributed by atoms with Crippen molar-refractivity contribution in [2.75, 3.05) is 5.75 Å². The van der Waals surface area contributed by atoms with Gasteiger partial charge in [0.1, 0.15) is 11.9 Å². The molecule has 2 unspecified atom stereocenters. The third kappa shape index (κ3) is 9.04. The van der Waals surface area contributed by atoms with Gasteiger partial charge >= 0.3 is 0 Å². The largest absolute Gasteiger partial charge is 0.352 e. The van der Waals surface area contributed by atoms with Crippen molar-refractivity contribution in [2.24, 2.45) is 0 Å². The molecule has 0 heterocycles. The first-order valence-corrected chi connectivity index (χ1v) is 13.9. The summed E-state index contributed by atoms with van der Waals surface area (Å²) in [6, 6.07) is 21.6. The number of thioether (sulfide) groups is 1. The monoisotopic (exact) mass is 520 g/mol. The Labute approximate surface area is 224 Å². The zero-order valence-electron chi connectivity index (χ0n) is 22.2. The second-order valence-corrected chi connectivity index (χ2v) is 10.6. The lowest BCUT2D eigenvalue weighted by atomic mass is 10.0. The van der Waals surface area contributed by atoms with Gasteiger partial charge in [-0.3, -0.25) is 9.59 Å². The number of carbonyl (C=O) groups excluding carboxylic acids is 2. The number of carbonyl (C=O) groups is 2. The van der Waals surface area contributed by atoms with E-state index in [9.17, 15) is 14.0 Å². The SMILES string of the molecule is CCC(C)NC(=O)C(Cc1ccccc1)N(Cc1ccc(F)cc1)C(=O)CSCc1cc(C)cc(C)c1. The molecule has 3 aromatic carbocycles. The average molecular weight is 521 g/mol. The van der Waals surface area contributed by atoms with E-state index in [-0.39, 0.29) is 36.0 Å². The van der Waals surface area contributed by atoms with Crippen LogP contribution in [0.1, 0.15) is 48.1 Å². The Balaban J connectivity index is 1.85. The summed E-state index contributed by atoms with van der Waals surface area (Å²) in [4.78, 5) is 28.8. The van der Waals surface area contributed by atoms with E-state index in [0.717, 1.165) is 17.5 Å². The molecule has 0 bridgehead atoms. The zero-order valence-corrected chi connectivity index (χ0v) is 23.0. The molecule has 3 rings (SSSR count). The van der Waals surface area contributed by atoms with E-state index < -0.39 is 6.04 Å². The number of rotatable bonds is 12. The highest BCUT2D eigenvalue weighted by atomic mass is 32.2. The Morgan fingerprint density at radius 1 is 0.919 bits per heavy atom. The predicted molar refractivity (Wildman–Crippen MR) is 151 cm³/mol. The van der Waals surface area contributed by atoms with Crippen LogP contribution in [0.3, 0.4) is 0 Å². The summed E-state index contributed by atoms with van der Waals surface area (Å²) in [6.45, 7) is 8.35. The predicted octanol–water partition coefficient (Wildman–Crippen LogP) is 6.23. The first-order valence-electron chi connectivity index (χ1n) is 12.8. The van der Waals surface area contributed by atoms with Crippen molar-refractivity contribution < 1.29 is 14.0 Å². The number of hydrogen-bond donors (Lipinski definition) is 1. The van der Waals surface area contributed by atoms with Gasteiger partial charge in [-0.1, -0.05) is 78.7 Å². The first-order chi connectivity index (χ1) is 17.7. The van der Waals surface area contributed by atoms with Gasteiger partial charge in [-0.2, -0.15) is 0 Å². The molecule has 0 aliphatic heterocycles. The van der Waals surface area contributed by atoms with Gasteiger partial charge in [-0.05, 0) is 56.0 Å². The molecular formula is C31H37FN2O2S. The van der Waals surface area contributed by atoms with Gasteiger partial charge in [0.05, 0.1) is 5.75 Å². The van der Waals surface area contributed by atoms with Crippen molar-refractivity contribution in [1.82, 2.24) is 10.2 Å². The molecule has 0 saturated carbocycles. The van der Waals surface area contributed by atoms with Crippen LogP contribution in [0, 0.1) is 19.7 Å². The van der Waals surface area contributed by atoms with E-state index in [1.54, 1.807) is 28.8 Å². The minimum atomic E-state index is -0.684. The van der Waals surface area contributed by atoms with E-state index in [0.29, 0.717) is 12.2 Å². The molecule has 2 amide bonds. The lowest BCUT2D eigenvalue weighted by Crippen LogP contribution is -2.52. The van der Waals surface area contributed by atoms with E-state index in [1.807, 2.05) is 44.2 Å². The quantitative estimate of drug-likeness (QED) is 0.308. The summed E-state index contributed by atoms with van der Waals surface area (Å²) in [7, 11) is 0. The lowest BCUT2D eigenvalue weighted by molar-refractivity contribution is -0.139.